The van der Waals surface area contributed by atoms with Gasteiger partial charge in [-0.15, -0.1) is 0 Å². The Kier molecular flexibility index (Phi) is 7.89. The minimum absolute atomic E-state index is 0.0801. The number of amides is 1. The highest BCUT2D eigenvalue weighted by Crippen LogP contribution is 2.26. The fraction of sp³-hybridized carbons (Fsp3) is 0.250. The van der Waals surface area contributed by atoms with Crippen molar-refractivity contribution in [2.24, 2.45) is 0 Å². The maximum Gasteiger partial charge on any atom is 0.269 e. The van der Waals surface area contributed by atoms with E-state index in [1.54, 1.807) is 30.3 Å². The number of nitrogens with zero attached hydrogens (tertiary/aromatic N) is 3. The van der Waals surface area contributed by atoms with Crippen molar-refractivity contribution in [3.63, 3.8) is 0 Å². The fourth-order valence-electron chi connectivity index (χ4n) is 2.90. The van der Waals surface area contributed by atoms with Gasteiger partial charge in [0, 0.05) is 19.3 Å². The van der Waals surface area contributed by atoms with E-state index in [2.05, 4.69) is 10.3 Å². The molecule has 33 heavy (non-hydrogen) atoms. The molecule has 0 radical (unpaired) electrons. The van der Waals surface area contributed by atoms with Crippen LogP contribution in [0.4, 0.5) is 4.39 Å². The summed E-state index contributed by atoms with van der Waals surface area (Å²) in [5.74, 6) is -1.67. The molecule has 0 atom stereocenters. The zero-order chi connectivity index (χ0) is 23.8. The fourth-order valence-corrected chi connectivity index (χ4v) is 2.90. The number of ether oxygens (including phenoxy) is 2. The molecule has 9 heteroatoms. The molecule has 3 rings (SSSR count). The Bertz CT molecular complexity index is 1280. The van der Waals surface area contributed by atoms with Crippen molar-refractivity contribution in [1.29, 1.82) is 5.26 Å². The molecule has 2 aromatic heterocycles. The van der Waals surface area contributed by atoms with Gasteiger partial charge in [0.15, 0.2) is 11.6 Å². The molecule has 2 heterocycles. The Morgan fingerprint density at radius 2 is 2.03 bits per heavy atom. The summed E-state index contributed by atoms with van der Waals surface area (Å²) in [5.41, 5.74) is -0.776. The first kappa shape index (κ1) is 23.6. The van der Waals surface area contributed by atoms with Crippen LogP contribution in [0.1, 0.15) is 25.8 Å². The molecule has 1 amide bonds. The molecular formula is C24H23FN4O4. The third-order valence-electron chi connectivity index (χ3n) is 4.49. The van der Waals surface area contributed by atoms with Crippen molar-refractivity contribution in [1.82, 2.24) is 14.7 Å². The molecule has 170 valence electrons. The Morgan fingerprint density at radius 3 is 2.76 bits per heavy atom. The van der Waals surface area contributed by atoms with Crippen LogP contribution in [0.5, 0.6) is 11.6 Å². The summed E-state index contributed by atoms with van der Waals surface area (Å²) in [6.45, 7) is 4.57. The Balaban J connectivity index is 1.95. The zero-order valence-electron chi connectivity index (χ0n) is 18.2. The van der Waals surface area contributed by atoms with Crippen LogP contribution >= 0.6 is 0 Å². The molecule has 0 aliphatic carbocycles. The number of nitriles is 1. The van der Waals surface area contributed by atoms with E-state index < -0.39 is 17.3 Å². The van der Waals surface area contributed by atoms with Gasteiger partial charge in [-0.2, -0.15) is 10.2 Å². The molecule has 1 aromatic carbocycles. The number of carbonyl (C=O) groups excluding carboxylic acids is 1. The van der Waals surface area contributed by atoms with Crippen molar-refractivity contribution in [3.8, 4) is 17.7 Å². The summed E-state index contributed by atoms with van der Waals surface area (Å²) < 4.78 is 26.4. The topological polar surface area (TPSA) is 106 Å². The van der Waals surface area contributed by atoms with Gasteiger partial charge < -0.3 is 14.8 Å². The highest BCUT2D eigenvalue weighted by atomic mass is 19.1. The van der Waals surface area contributed by atoms with Gasteiger partial charge in [-0.1, -0.05) is 18.2 Å². The third kappa shape index (κ3) is 6.02. The normalized spacial score (nSPS) is 11.4. The first-order valence-corrected chi connectivity index (χ1v) is 10.4. The van der Waals surface area contributed by atoms with Gasteiger partial charge in [0.25, 0.3) is 11.5 Å². The minimum atomic E-state index is -0.656. The molecule has 1 N–H and O–H groups in total. The summed E-state index contributed by atoms with van der Waals surface area (Å²) in [6.07, 6.45) is 3.24. The van der Waals surface area contributed by atoms with Crippen LogP contribution < -0.4 is 15.6 Å². The zero-order valence-corrected chi connectivity index (χ0v) is 18.2. The Hall–Kier alpha value is -4.03. The first-order chi connectivity index (χ1) is 15.9. The molecule has 0 fully saturated rings. The van der Waals surface area contributed by atoms with E-state index in [1.807, 2.05) is 13.8 Å². The summed E-state index contributed by atoms with van der Waals surface area (Å²) in [4.78, 5) is 29.9. The van der Waals surface area contributed by atoms with E-state index in [4.69, 9.17) is 9.47 Å². The number of fused-ring (bicyclic) bond motifs is 1. The molecule has 8 nitrogen and oxygen atoms in total. The average molecular weight is 450 g/mol. The predicted molar refractivity (Wildman–Crippen MR) is 120 cm³/mol. The van der Waals surface area contributed by atoms with Crippen LogP contribution in [-0.4, -0.2) is 34.5 Å². The smallest absolute Gasteiger partial charge is 0.269 e. The van der Waals surface area contributed by atoms with E-state index in [1.165, 1.54) is 28.8 Å². The number of carbonyl (C=O) groups is 1. The summed E-state index contributed by atoms with van der Waals surface area (Å²) in [6, 6.07) is 12.4. The Morgan fingerprint density at radius 1 is 1.27 bits per heavy atom. The number of hydrogen-bond acceptors (Lipinski definition) is 6. The van der Waals surface area contributed by atoms with Crippen LogP contribution in [0.2, 0.25) is 0 Å². The van der Waals surface area contributed by atoms with Crippen molar-refractivity contribution in [2.75, 3.05) is 13.2 Å². The monoisotopic (exact) mass is 450 g/mol. The van der Waals surface area contributed by atoms with E-state index in [0.717, 1.165) is 6.08 Å². The predicted octanol–water partition coefficient (Wildman–Crippen LogP) is 3.46. The largest absolute Gasteiger partial charge is 0.435 e. The lowest BCUT2D eigenvalue weighted by Crippen LogP contribution is -2.27. The lowest BCUT2D eigenvalue weighted by molar-refractivity contribution is -0.117. The van der Waals surface area contributed by atoms with Gasteiger partial charge in [-0.25, -0.2) is 4.39 Å². The first-order valence-electron chi connectivity index (χ1n) is 10.4. The van der Waals surface area contributed by atoms with Crippen molar-refractivity contribution >= 4 is 17.6 Å². The number of aromatic nitrogens is 2. The van der Waals surface area contributed by atoms with Crippen molar-refractivity contribution < 1.29 is 18.7 Å². The van der Waals surface area contributed by atoms with Crippen LogP contribution in [0.25, 0.3) is 11.7 Å². The number of pyridine rings is 1. The van der Waals surface area contributed by atoms with E-state index in [-0.39, 0.29) is 41.1 Å². The molecule has 0 unspecified atom stereocenters. The van der Waals surface area contributed by atoms with Gasteiger partial charge in [-0.3, -0.25) is 14.0 Å². The third-order valence-corrected chi connectivity index (χ3v) is 4.49. The SMILES string of the molecule is CC(C)OCCCNC(=O)C(C#N)=Cc1c(Oc2ccccc2F)nc2ccccn2c1=O. The molecule has 0 spiro atoms. The number of benzene rings is 1. The van der Waals surface area contributed by atoms with Crippen LogP contribution in [-0.2, 0) is 9.53 Å². The van der Waals surface area contributed by atoms with Gasteiger partial charge >= 0.3 is 0 Å². The van der Waals surface area contributed by atoms with E-state index in [0.29, 0.717) is 13.0 Å². The quantitative estimate of drug-likeness (QED) is 0.304. The minimum Gasteiger partial charge on any atom is -0.435 e. The van der Waals surface area contributed by atoms with Gasteiger partial charge in [0.1, 0.15) is 22.9 Å². The van der Waals surface area contributed by atoms with E-state index in [9.17, 15) is 19.2 Å². The number of nitrogens with one attached hydrogen (secondary N) is 1. The highest BCUT2D eigenvalue weighted by Gasteiger charge is 2.18. The highest BCUT2D eigenvalue weighted by molar-refractivity contribution is 6.01. The second-order valence-electron chi connectivity index (χ2n) is 7.30. The summed E-state index contributed by atoms with van der Waals surface area (Å²) >= 11 is 0. The van der Waals surface area contributed by atoms with Crippen LogP contribution in [0, 0.1) is 17.1 Å². The Labute approximate surface area is 189 Å². The maximum absolute atomic E-state index is 14.2. The van der Waals surface area contributed by atoms with Crippen LogP contribution in [0.3, 0.4) is 0 Å². The number of rotatable bonds is 9. The molecule has 0 saturated heterocycles. The van der Waals surface area contributed by atoms with Crippen molar-refractivity contribution in [2.45, 2.75) is 26.4 Å². The standard InChI is InChI=1S/C24H23FN4O4/c1-16(2)32-13-7-11-27-22(30)17(15-26)14-18-23(33-20-9-4-3-8-19(20)25)28-21-10-5-6-12-29(21)24(18)31/h3-6,8-10,12,14,16H,7,11,13H2,1-2H3,(H,27,30). The summed E-state index contributed by atoms with van der Waals surface area (Å²) in [7, 11) is 0. The molecule has 3 aromatic rings. The number of halogens is 1. The average Bonchev–Trinajstić information content (AvgIpc) is 2.80. The molecule has 0 aliphatic heterocycles. The van der Waals surface area contributed by atoms with Gasteiger partial charge in [-0.05, 0) is 50.6 Å². The second-order valence-corrected chi connectivity index (χ2v) is 7.30. The number of hydrogen-bond donors (Lipinski definition) is 1. The lowest BCUT2D eigenvalue weighted by atomic mass is 10.1. The lowest BCUT2D eigenvalue weighted by Gasteiger charge is -2.11. The molecule has 0 saturated carbocycles. The number of para-hydroxylation sites is 1. The molecule has 0 bridgehead atoms. The van der Waals surface area contributed by atoms with Gasteiger partial charge in [0.2, 0.25) is 5.88 Å². The molecule has 0 aliphatic rings. The molecular weight excluding hydrogens is 427 g/mol. The van der Waals surface area contributed by atoms with E-state index >= 15 is 0 Å². The van der Waals surface area contributed by atoms with Crippen LogP contribution in [0.15, 0.2) is 59.0 Å². The maximum atomic E-state index is 14.2. The van der Waals surface area contributed by atoms with Crippen molar-refractivity contribution in [3.05, 3.63) is 76.0 Å². The second kappa shape index (κ2) is 11.0. The van der Waals surface area contributed by atoms with Gasteiger partial charge in [0.05, 0.1) is 6.10 Å². The summed E-state index contributed by atoms with van der Waals surface area (Å²) in [5, 5.41) is 12.2.